The van der Waals surface area contributed by atoms with E-state index in [1.54, 1.807) is 9.12 Å². The molecule has 2 heterocycles. The molecule has 0 saturated carbocycles. The van der Waals surface area contributed by atoms with E-state index in [0.717, 1.165) is 19.6 Å². The number of carbonyl (C=O) groups is 1. The number of esters is 1. The fraction of sp³-hybridized carbons (Fsp3) is 0.909. The Kier molecular flexibility index (Phi) is 5.38. The minimum absolute atomic E-state index is 0.0524. The third-order valence-corrected chi connectivity index (χ3v) is 5.69. The Bertz CT molecular complexity index is 280. The van der Waals surface area contributed by atoms with Crippen molar-refractivity contribution in [1.29, 1.82) is 0 Å². The van der Waals surface area contributed by atoms with Gasteiger partial charge in [0.15, 0.2) is 0 Å². The third-order valence-electron chi connectivity index (χ3n) is 3.53. The van der Waals surface area contributed by atoms with E-state index in [0.29, 0.717) is 25.1 Å². The summed E-state index contributed by atoms with van der Waals surface area (Å²) in [4.78, 5) is 14.1. The zero-order valence-electron chi connectivity index (χ0n) is 10.1. The Balaban J connectivity index is 1.95. The van der Waals surface area contributed by atoms with Gasteiger partial charge in [-0.3, -0.25) is 9.69 Å². The highest BCUT2D eigenvalue weighted by Crippen LogP contribution is 2.32. The molecule has 0 spiro atoms. The summed E-state index contributed by atoms with van der Waals surface area (Å²) >= 11 is 2.33. The molecule has 2 saturated heterocycles. The average molecular weight is 370 g/mol. The smallest absolute Gasteiger partial charge is 0.307 e. The first kappa shape index (κ1) is 13.9. The van der Waals surface area contributed by atoms with E-state index in [4.69, 9.17) is 4.74 Å². The Labute approximate surface area is 119 Å². The zero-order chi connectivity index (χ0) is 12.3. The maximum absolute atomic E-state index is 11.6. The quantitative estimate of drug-likeness (QED) is 0.430. The summed E-state index contributed by atoms with van der Waals surface area (Å²) in [5.41, 5.74) is 0. The van der Waals surface area contributed by atoms with Crippen LogP contribution in [0.2, 0.25) is 0 Å². The van der Waals surface area contributed by atoms with Crippen LogP contribution in [0.5, 0.6) is 0 Å². The predicted molar refractivity (Wildman–Crippen MR) is 78.0 cm³/mol. The van der Waals surface area contributed by atoms with E-state index in [1.807, 2.05) is 6.92 Å². The van der Waals surface area contributed by atoms with Crippen LogP contribution in [0.15, 0.2) is 0 Å². The minimum atomic E-state index is -0.0524. The molecule has 2 atom stereocenters. The van der Waals surface area contributed by atoms with E-state index >= 15 is 0 Å². The molecule has 0 N–H and O–H groups in total. The molecule has 0 aromatic heterocycles. The second-order valence-corrected chi connectivity index (χ2v) is 6.45. The highest BCUT2D eigenvalue weighted by Gasteiger charge is 2.38. The van der Waals surface area contributed by atoms with Crippen LogP contribution in [0.1, 0.15) is 26.2 Å². The Hall–Kier alpha value is 0.470. The van der Waals surface area contributed by atoms with Crippen LogP contribution in [0, 0.1) is 0 Å². The summed E-state index contributed by atoms with van der Waals surface area (Å²) < 4.78 is 7.44. The number of ether oxygens (including phenoxy) is 1. The molecular formula is C11H19IN2O2S. The number of nitrogens with zero attached hydrogens (tertiary/aromatic N) is 2. The van der Waals surface area contributed by atoms with Gasteiger partial charge in [-0.2, -0.15) is 0 Å². The molecule has 2 aliphatic heterocycles. The second-order valence-electron chi connectivity index (χ2n) is 4.61. The van der Waals surface area contributed by atoms with Gasteiger partial charge in [-0.05, 0) is 35.4 Å². The zero-order valence-corrected chi connectivity index (χ0v) is 13.1. The number of carbonyl (C=O) groups excluding carboxylic acids is 1. The molecule has 4 nitrogen and oxygen atoms in total. The van der Waals surface area contributed by atoms with Crippen molar-refractivity contribution in [3.63, 3.8) is 0 Å². The third kappa shape index (κ3) is 3.48. The van der Waals surface area contributed by atoms with Gasteiger partial charge in [0.25, 0.3) is 0 Å². The average Bonchev–Trinajstić information content (AvgIpc) is 2.77. The molecule has 98 valence electrons. The first-order chi connectivity index (χ1) is 8.24. The van der Waals surface area contributed by atoms with E-state index < -0.39 is 0 Å². The molecule has 0 amide bonds. The van der Waals surface area contributed by atoms with Gasteiger partial charge in [0.2, 0.25) is 0 Å². The highest BCUT2D eigenvalue weighted by atomic mass is 127. The molecular weight excluding hydrogens is 351 g/mol. The number of hydrogen-bond acceptors (Lipinski definition) is 5. The molecule has 0 aromatic rings. The second kappa shape index (κ2) is 6.58. The van der Waals surface area contributed by atoms with Crippen molar-refractivity contribution >= 4 is 36.3 Å². The molecule has 0 bridgehead atoms. The molecule has 6 heteroatoms. The number of hydrogen-bond donors (Lipinski definition) is 0. The van der Waals surface area contributed by atoms with Gasteiger partial charge < -0.3 is 4.74 Å². The lowest BCUT2D eigenvalue weighted by molar-refractivity contribution is -0.145. The molecule has 17 heavy (non-hydrogen) atoms. The summed E-state index contributed by atoms with van der Waals surface area (Å²) in [5, 5.41) is 0. The summed E-state index contributed by atoms with van der Waals surface area (Å²) in [7, 11) is 1.76. The minimum Gasteiger partial charge on any atom is -0.466 e. The van der Waals surface area contributed by atoms with Crippen LogP contribution < -0.4 is 0 Å². The van der Waals surface area contributed by atoms with Crippen molar-refractivity contribution < 1.29 is 9.53 Å². The fourth-order valence-corrected chi connectivity index (χ4v) is 4.26. The number of fused-ring (bicyclic) bond motifs is 1. The van der Waals surface area contributed by atoms with E-state index in [1.165, 1.54) is 12.8 Å². The topological polar surface area (TPSA) is 32.8 Å². The maximum Gasteiger partial charge on any atom is 0.307 e. The highest BCUT2D eigenvalue weighted by molar-refractivity contribution is 14.2. The molecule has 2 aliphatic rings. The standard InChI is InChI=1S/C11H19IN2O2S/c1-2-16-11(15)6-10-8-13(17-12)7-9-4-3-5-14(9)10/h9-10H,2-8H2,1H3. The fourth-order valence-electron chi connectivity index (χ4n) is 2.83. The summed E-state index contributed by atoms with van der Waals surface area (Å²) in [6.45, 7) is 5.61. The van der Waals surface area contributed by atoms with Gasteiger partial charge in [-0.25, -0.2) is 4.31 Å². The molecule has 2 unspecified atom stereocenters. The van der Waals surface area contributed by atoms with Crippen molar-refractivity contribution in [2.75, 3.05) is 26.2 Å². The summed E-state index contributed by atoms with van der Waals surface area (Å²) in [6, 6.07) is 0.989. The normalized spacial score (nSPS) is 30.2. The van der Waals surface area contributed by atoms with Gasteiger partial charge in [0, 0.05) is 46.4 Å². The Morgan fingerprint density at radius 2 is 2.35 bits per heavy atom. The van der Waals surface area contributed by atoms with Crippen LogP contribution in [0.25, 0.3) is 0 Å². The Morgan fingerprint density at radius 1 is 1.53 bits per heavy atom. The molecule has 0 aromatic carbocycles. The SMILES string of the molecule is CCOC(=O)CC1CN(SI)CC2CCCN21. The van der Waals surface area contributed by atoms with Crippen molar-refractivity contribution in [3.05, 3.63) is 0 Å². The number of halogens is 1. The largest absolute Gasteiger partial charge is 0.466 e. The molecule has 2 fully saturated rings. The summed E-state index contributed by atoms with van der Waals surface area (Å²) in [6.07, 6.45) is 3.08. The van der Waals surface area contributed by atoms with Crippen LogP contribution in [0.4, 0.5) is 0 Å². The monoisotopic (exact) mass is 370 g/mol. The Morgan fingerprint density at radius 3 is 3.06 bits per heavy atom. The lowest BCUT2D eigenvalue weighted by Crippen LogP contribution is -2.54. The first-order valence-electron chi connectivity index (χ1n) is 6.19. The van der Waals surface area contributed by atoms with Gasteiger partial charge in [-0.15, -0.1) is 0 Å². The van der Waals surface area contributed by atoms with Crippen LogP contribution in [-0.2, 0) is 9.53 Å². The molecule has 2 rings (SSSR count). The van der Waals surface area contributed by atoms with Gasteiger partial charge >= 0.3 is 5.97 Å². The van der Waals surface area contributed by atoms with Crippen molar-refractivity contribution in [1.82, 2.24) is 9.21 Å². The lowest BCUT2D eigenvalue weighted by Gasteiger charge is -2.41. The number of rotatable bonds is 4. The van der Waals surface area contributed by atoms with Crippen molar-refractivity contribution in [2.45, 2.75) is 38.3 Å². The van der Waals surface area contributed by atoms with Crippen molar-refractivity contribution in [2.24, 2.45) is 0 Å². The first-order valence-corrected chi connectivity index (χ1v) is 9.51. The summed E-state index contributed by atoms with van der Waals surface area (Å²) in [5.74, 6) is -0.0524. The molecule has 0 aliphatic carbocycles. The van der Waals surface area contributed by atoms with E-state index in [-0.39, 0.29) is 5.97 Å². The van der Waals surface area contributed by atoms with Crippen LogP contribution >= 0.6 is 30.3 Å². The van der Waals surface area contributed by atoms with Crippen molar-refractivity contribution in [3.8, 4) is 0 Å². The lowest BCUT2D eigenvalue weighted by atomic mass is 10.1. The predicted octanol–water partition coefficient (Wildman–Crippen LogP) is 2.09. The number of piperazine rings is 1. The van der Waals surface area contributed by atoms with Gasteiger partial charge in [-0.1, -0.05) is 0 Å². The van der Waals surface area contributed by atoms with Gasteiger partial charge in [0.1, 0.15) is 0 Å². The van der Waals surface area contributed by atoms with Crippen LogP contribution in [0.3, 0.4) is 0 Å². The van der Waals surface area contributed by atoms with E-state index in [2.05, 4.69) is 30.4 Å². The van der Waals surface area contributed by atoms with E-state index in [9.17, 15) is 4.79 Å². The maximum atomic E-state index is 11.6. The molecule has 0 radical (unpaired) electrons. The van der Waals surface area contributed by atoms with Crippen LogP contribution in [-0.4, -0.2) is 53.5 Å². The van der Waals surface area contributed by atoms with Gasteiger partial charge in [0.05, 0.1) is 13.0 Å².